The van der Waals surface area contributed by atoms with E-state index < -0.39 is 0 Å². The number of rotatable bonds is 6. The van der Waals surface area contributed by atoms with Crippen LogP contribution >= 0.6 is 23.2 Å². The standard InChI is InChI=1S/C14H23Cl2N3/c1-10(2)9-19(6-5-18(3)4)14-12(15)7-11(17)8-13(14)16/h7-8,10H,5-6,9,17H2,1-4H3. The van der Waals surface area contributed by atoms with Crippen LogP contribution in [0.25, 0.3) is 0 Å². The molecule has 0 aromatic heterocycles. The van der Waals surface area contributed by atoms with Crippen LogP contribution < -0.4 is 10.6 Å². The Balaban J connectivity index is 3.02. The topological polar surface area (TPSA) is 32.5 Å². The van der Waals surface area contributed by atoms with Crippen molar-refractivity contribution < 1.29 is 0 Å². The highest BCUT2D eigenvalue weighted by atomic mass is 35.5. The van der Waals surface area contributed by atoms with Gasteiger partial charge in [0.1, 0.15) is 0 Å². The van der Waals surface area contributed by atoms with E-state index in [4.69, 9.17) is 28.9 Å². The number of anilines is 2. The summed E-state index contributed by atoms with van der Waals surface area (Å²) >= 11 is 12.6. The minimum Gasteiger partial charge on any atom is -0.399 e. The predicted octanol–water partition coefficient (Wildman–Crippen LogP) is 3.60. The molecule has 0 amide bonds. The van der Waals surface area contributed by atoms with Crippen molar-refractivity contribution in [2.75, 3.05) is 44.4 Å². The van der Waals surface area contributed by atoms with Gasteiger partial charge < -0.3 is 15.5 Å². The Morgan fingerprint density at radius 1 is 1.11 bits per heavy atom. The van der Waals surface area contributed by atoms with Crippen molar-refractivity contribution in [3.63, 3.8) is 0 Å². The molecular weight excluding hydrogens is 281 g/mol. The van der Waals surface area contributed by atoms with Gasteiger partial charge in [-0.2, -0.15) is 0 Å². The van der Waals surface area contributed by atoms with Crippen LogP contribution in [-0.4, -0.2) is 38.6 Å². The summed E-state index contributed by atoms with van der Waals surface area (Å²) in [5.74, 6) is 0.534. The molecule has 1 aromatic rings. The summed E-state index contributed by atoms with van der Waals surface area (Å²) in [7, 11) is 4.11. The Morgan fingerprint density at radius 3 is 2.05 bits per heavy atom. The third-order valence-electron chi connectivity index (χ3n) is 2.76. The average Bonchev–Trinajstić information content (AvgIpc) is 2.23. The van der Waals surface area contributed by atoms with Crippen molar-refractivity contribution in [1.82, 2.24) is 4.90 Å². The first-order chi connectivity index (χ1) is 8.81. The quantitative estimate of drug-likeness (QED) is 0.815. The highest BCUT2D eigenvalue weighted by Crippen LogP contribution is 2.36. The van der Waals surface area contributed by atoms with E-state index in [2.05, 4.69) is 37.7 Å². The number of likely N-dealkylation sites (N-methyl/N-ethyl adjacent to an activating group) is 1. The van der Waals surface area contributed by atoms with Gasteiger partial charge in [0.05, 0.1) is 15.7 Å². The summed E-state index contributed by atoms with van der Waals surface area (Å²) in [6.07, 6.45) is 0. The molecule has 0 fully saturated rings. The molecule has 1 rings (SSSR count). The van der Waals surface area contributed by atoms with Crippen LogP contribution in [0.3, 0.4) is 0 Å². The molecule has 3 nitrogen and oxygen atoms in total. The Hall–Kier alpha value is -0.640. The van der Waals surface area contributed by atoms with Crippen molar-refractivity contribution in [1.29, 1.82) is 0 Å². The molecule has 0 bridgehead atoms. The van der Waals surface area contributed by atoms with Gasteiger partial charge in [-0.05, 0) is 32.1 Å². The summed E-state index contributed by atoms with van der Waals surface area (Å²) in [6.45, 7) is 7.11. The fraction of sp³-hybridized carbons (Fsp3) is 0.571. The Bertz CT molecular complexity index is 396. The van der Waals surface area contributed by atoms with Crippen molar-refractivity contribution in [2.24, 2.45) is 5.92 Å². The minimum absolute atomic E-state index is 0.534. The SMILES string of the molecule is CC(C)CN(CCN(C)C)c1c(Cl)cc(N)cc1Cl. The van der Waals surface area contributed by atoms with E-state index in [1.807, 2.05) is 0 Å². The summed E-state index contributed by atoms with van der Waals surface area (Å²) in [4.78, 5) is 4.38. The normalized spacial score (nSPS) is 11.4. The van der Waals surface area contributed by atoms with E-state index in [0.717, 1.165) is 25.3 Å². The Labute approximate surface area is 126 Å². The first-order valence-electron chi connectivity index (χ1n) is 6.45. The maximum atomic E-state index is 6.31. The summed E-state index contributed by atoms with van der Waals surface area (Å²) < 4.78 is 0. The van der Waals surface area contributed by atoms with E-state index in [1.54, 1.807) is 12.1 Å². The van der Waals surface area contributed by atoms with Crippen molar-refractivity contribution in [3.8, 4) is 0 Å². The molecule has 0 aliphatic heterocycles. The fourth-order valence-corrected chi connectivity index (χ4v) is 2.69. The van der Waals surface area contributed by atoms with Crippen LogP contribution in [0.15, 0.2) is 12.1 Å². The summed E-state index contributed by atoms with van der Waals surface area (Å²) in [5.41, 5.74) is 7.23. The molecule has 0 aliphatic rings. The minimum atomic E-state index is 0.534. The molecule has 1 aromatic carbocycles. The van der Waals surface area contributed by atoms with Crippen LogP contribution in [0.2, 0.25) is 10.0 Å². The van der Waals surface area contributed by atoms with Gasteiger partial charge in [0.25, 0.3) is 0 Å². The highest BCUT2D eigenvalue weighted by Gasteiger charge is 2.16. The molecule has 19 heavy (non-hydrogen) atoms. The van der Waals surface area contributed by atoms with Crippen LogP contribution in [0, 0.1) is 5.92 Å². The largest absolute Gasteiger partial charge is 0.399 e. The maximum absolute atomic E-state index is 6.31. The molecule has 0 aliphatic carbocycles. The fourth-order valence-electron chi connectivity index (χ4n) is 1.94. The van der Waals surface area contributed by atoms with Gasteiger partial charge in [0, 0.05) is 25.3 Å². The third-order valence-corrected chi connectivity index (χ3v) is 3.33. The van der Waals surface area contributed by atoms with E-state index in [1.165, 1.54) is 0 Å². The van der Waals surface area contributed by atoms with Crippen molar-refractivity contribution in [2.45, 2.75) is 13.8 Å². The third kappa shape index (κ3) is 5.09. The lowest BCUT2D eigenvalue weighted by atomic mass is 10.1. The first-order valence-corrected chi connectivity index (χ1v) is 7.21. The van der Waals surface area contributed by atoms with Crippen LogP contribution in [-0.2, 0) is 0 Å². The van der Waals surface area contributed by atoms with Gasteiger partial charge in [0.2, 0.25) is 0 Å². The van der Waals surface area contributed by atoms with Gasteiger partial charge in [0.15, 0.2) is 0 Å². The molecule has 0 spiro atoms. The van der Waals surface area contributed by atoms with Gasteiger partial charge >= 0.3 is 0 Å². The zero-order valence-electron chi connectivity index (χ0n) is 12.1. The van der Waals surface area contributed by atoms with Gasteiger partial charge in [-0.1, -0.05) is 37.0 Å². The molecule has 0 saturated heterocycles. The molecular formula is C14H23Cl2N3. The van der Waals surface area contributed by atoms with E-state index >= 15 is 0 Å². The van der Waals surface area contributed by atoms with E-state index in [0.29, 0.717) is 21.7 Å². The Kier molecular flexibility index (Phi) is 6.24. The lowest BCUT2D eigenvalue weighted by Gasteiger charge is -2.29. The average molecular weight is 304 g/mol. The molecule has 0 atom stereocenters. The zero-order chi connectivity index (χ0) is 14.6. The van der Waals surface area contributed by atoms with Crippen LogP contribution in [0.1, 0.15) is 13.8 Å². The molecule has 0 heterocycles. The number of nitrogens with two attached hydrogens (primary N) is 1. The van der Waals surface area contributed by atoms with Gasteiger partial charge in [-0.3, -0.25) is 0 Å². The van der Waals surface area contributed by atoms with Gasteiger partial charge in [-0.25, -0.2) is 0 Å². The number of hydrogen-bond donors (Lipinski definition) is 1. The molecule has 108 valence electrons. The predicted molar refractivity (Wildman–Crippen MR) is 86.5 cm³/mol. The van der Waals surface area contributed by atoms with Crippen molar-refractivity contribution in [3.05, 3.63) is 22.2 Å². The summed E-state index contributed by atoms with van der Waals surface area (Å²) in [5, 5.41) is 1.23. The molecule has 5 heteroatoms. The lowest BCUT2D eigenvalue weighted by Crippen LogP contribution is -2.34. The number of hydrogen-bond acceptors (Lipinski definition) is 3. The smallest absolute Gasteiger partial charge is 0.0747 e. The second kappa shape index (κ2) is 7.22. The van der Waals surface area contributed by atoms with Crippen molar-refractivity contribution >= 4 is 34.6 Å². The second-order valence-electron chi connectivity index (χ2n) is 5.48. The maximum Gasteiger partial charge on any atom is 0.0747 e. The molecule has 0 unspecified atom stereocenters. The van der Waals surface area contributed by atoms with E-state index in [-0.39, 0.29) is 0 Å². The lowest BCUT2D eigenvalue weighted by molar-refractivity contribution is 0.409. The highest BCUT2D eigenvalue weighted by molar-refractivity contribution is 6.39. The molecule has 0 saturated carbocycles. The van der Waals surface area contributed by atoms with Gasteiger partial charge in [-0.15, -0.1) is 0 Å². The number of nitrogens with zero attached hydrogens (tertiary/aromatic N) is 2. The number of nitrogen functional groups attached to an aromatic ring is 1. The first kappa shape index (κ1) is 16.4. The summed E-state index contributed by atoms with van der Waals surface area (Å²) in [6, 6.07) is 3.51. The van der Waals surface area contributed by atoms with Crippen LogP contribution in [0.4, 0.5) is 11.4 Å². The second-order valence-corrected chi connectivity index (χ2v) is 6.29. The Morgan fingerprint density at radius 2 is 1.63 bits per heavy atom. The number of benzene rings is 1. The van der Waals surface area contributed by atoms with Crippen LogP contribution in [0.5, 0.6) is 0 Å². The monoisotopic (exact) mass is 303 g/mol. The number of halogens is 2. The van der Waals surface area contributed by atoms with E-state index in [9.17, 15) is 0 Å². The molecule has 0 radical (unpaired) electrons. The zero-order valence-corrected chi connectivity index (χ0v) is 13.6. The molecule has 2 N–H and O–H groups in total.